The standard InChI is InChI=1S/C18H17N3O7S/c1-9(22)28-7-11-8-29-17-13(16(24)21(17)14(11)18(25)26)19-15(23)12(20-27)10-5-3-2-4-6-10/h2-6,12-13,17H,7-8H2,1H3,(H,19,23)(H,25,26)/t12?,13-,17+/m1/s1. The first-order valence-corrected chi connectivity index (χ1v) is 9.61. The van der Waals surface area contributed by atoms with E-state index < -0.39 is 41.2 Å². The van der Waals surface area contributed by atoms with Crippen LogP contribution < -0.4 is 5.32 Å². The minimum absolute atomic E-state index is 0.212. The van der Waals surface area contributed by atoms with Crippen molar-refractivity contribution < 1.29 is 29.0 Å². The number of benzene rings is 1. The normalized spacial score (nSPS) is 21.6. The summed E-state index contributed by atoms with van der Waals surface area (Å²) in [4.78, 5) is 60.0. The molecule has 1 aromatic carbocycles. The van der Waals surface area contributed by atoms with Gasteiger partial charge >= 0.3 is 11.9 Å². The van der Waals surface area contributed by atoms with Crippen molar-refractivity contribution in [1.82, 2.24) is 10.2 Å². The lowest BCUT2D eigenvalue weighted by Crippen LogP contribution is -2.70. The van der Waals surface area contributed by atoms with Crippen LogP contribution in [-0.4, -0.2) is 57.5 Å². The number of hydrogen-bond acceptors (Lipinski definition) is 8. The van der Waals surface area contributed by atoms with Gasteiger partial charge in [-0.25, -0.2) is 4.79 Å². The molecule has 2 aliphatic rings. The van der Waals surface area contributed by atoms with E-state index in [0.717, 1.165) is 4.90 Å². The van der Waals surface area contributed by atoms with Crippen molar-refractivity contribution in [3.8, 4) is 0 Å². The average molecular weight is 419 g/mol. The number of carbonyl (C=O) groups excluding carboxylic acids is 3. The number of amides is 2. The lowest BCUT2D eigenvalue weighted by atomic mass is 10.0. The second-order valence-electron chi connectivity index (χ2n) is 6.35. The Morgan fingerprint density at radius 3 is 2.62 bits per heavy atom. The van der Waals surface area contributed by atoms with Crippen molar-refractivity contribution in [2.45, 2.75) is 24.4 Å². The third-order valence-corrected chi connectivity index (χ3v) is 5.81. The highest BCUT2D eigenvalue weighted by Crippen LogP contribution is 2.40. The molecule has 2 amide bonds. The molecule has 152 valence electrons. The van der Waals surface area contributed by atoms with Gasteiger partial charge in [-0.05, 0) is 5.56 Å². The van der Waals surface area contributed by atoms with Crippen LogP contribution >= 0.6 is 11.8 Å². The summed E-state index contributed by atoms with van der Waals surface area (Å²) in [7, 11) is 0. The van der Waals surface area contributed by atoms with Gasteiger partial charge in [-0.1, -0.05) is 35.5 Å². The fourth-order valence-corrected chi connectivity index (χ4v) is 4.44. The Morgan fingerprint density at radius 2 is 2.03 bits per heavy atom. The molecule has 10 nitrogen and oxygen atoms in total. The SMILES string of the molecule is CC(=O)OCC1=C(C(=O)O)N2C(=O)[C@@H](NC(=O)C(N=O)c3ccccc3)[C@@H]2SC1. The molecule has 1 saturated heterocycles. The molecule has 0 spiro atoms. The zero-order valence-electron chi connectivity index (χ0n) is 15.2. The van der Waals surface area contributed by atoms with E-state index in [1.165, 1.54) is 18.7 Å². The molecule has 2 heterocycles. The first-order valence-electron chi connectivity index (χ1n) is 8.56. The van der Waals surface area contributed by atoms with E-state index >= 15 is 0 Å². The molecule has 1 fully saturated rings. The molecule has 29 heavy (non-hydrogen) atoms. The second-order valence-corrected chi connectivity index (χ2v) is 7.46. The number of hydrogen-bond donors (Lipinski definition) is 2. The minimum Gasteiger partial charge on any atom is -0.477 e. The number of nitroso groups, excluding NO2 is 1. The number of carboxylic acid groups (broad SMARTS) is 1. The number of fused-ring (bicyclic) bond motifs is 1. The van der Waals surface area contributed by atoms with Gasteiger partial charge in [0.15, 0.2) is 6.04 Å². The lowest BCUT2D eigenvalue weighted by Gasteiger charge is -2.49. The predicted octanol–water partition coefficient (Wildman–Crippen LogP) is 0.796. The topological polar surface area (TPSA) is 142 Å². The van der Waals surface area contributed by atoms with Gasteiger partial charge in [0, 0.05) is 18.2 Å². The molecular weight excluding hydrogens is 402 g/mol. The number of nitrogens with zero attached hydrogens (tertiary/aromatic N) is 2. The van der Waals surface area contributed by atoms with E-state index in [-0.39, 0.29) is 18.1 Å². The van der Waals surface area contributed by atoms with Crippen molar-refractivity contribution in [1.29, 1.82) is 0 Å². The molecule has 0 aromatic heterocycles. The molecule has 1 aromatic rings. The summed E-state index contributed by atoms with van der Waals surface area (Å²) >= 11 is 1.23. The van der Waals surface area contributed by atoms with Crippen molar-refractivity contribution >= 4 is 35.5 Å². The number of rotatable bonds is 7. The molecular formula is C18H17N3O7S. The zero-order valence-corrected chi connectivity index (χ0v) is 16.0. The van der Waals surface area contributed by atoms with E-state index in [4.69, 9.17) is 4.74 Å². The van der Waals surface area contributed by atoms with E-state index in [9.17, 15) is 29.2 Å². The Bertz CT molecular complexity index is 902. The van der Waals surface area contributed by atoms with Crippen LogP contribution in [0.25, 0.3) is 0 Å². The summed E-state index contributed by atoms with van der Waals surface area (Å²) < 4.78 is 4.86. The van der Waals surface area contributed by atoms with E-state index in [1.54, 1.807) is 30.3 Å². The molecule has 0 bridgehead atoms. The zero-order chi connectivity index (χ0) is 21.1. The number of ether oxygens (including phenoxy) is 1. The molecule has 1 unspecified atom stereocenters. The molecule has 3 rings (SSSR count). The quantitative estimate of drug-likeness (QED) is 0.375. The van der Waals surface area contributed by atoms with Crippen LogP contribution in [0.1, 0.15) is 18.5 Å². The first kappa shape index (κ1) is 20.5. The van der Waals surface area contributed by atoms with Crippen LogP contribution in [0.15, 0.2) is 46.8 Å². The van der Waals surface area contributed by atoms with Crippen molar-refractivity contribution in [3.63, 3.8) is 0 Å². The fraction of sp³-hybridized carbons (Fsp3) is 0.333. The van der Waals surface area contributed by atoms with Gasteiger partial charge in [0.25, 0.3) is 11.8 Å². The molecule has 2 aliphatic heterocycles. The van der Waals surface area contributed by atoms with Gasteiger partial charge in [0.2, 0.25) is 0 Å². The number of carbonyl (C=O) groups is 4. The summed E-state index contributed by atoms with van der Waals surface area (Å²) in [5, 5.41) is 14.2. The van der Waals surface area contributed by atoms with Crippen LogP contribution in [0.2, 0.25) is 0 Å². The highest BCUT2D eigenvalue weighted by molar-refractivity contribution is 8.00. The van der Waals surface area contributed by atoms with Crippen molar-refractivity contribution in [3.05, 3.63) is 52.1 Å². The fourth-order valence-electron chi connectivity index (χ4n) is 3.11. The number of carboxylic acids is 1. The second kappa shape index (κ2) is 8.43. The van der Waals surface area contributed by atoms with Crippen LogP contribution in [0.4, 0.5) is 0 Å². The highest BCUT2D eigenvalue weighted by Gasteiger charge is 2.54. The number of thioether (sulfide) groups is 1. The molecule has 0 radical (unpaired) electrons. The Hall–Kier alpha value is -3.21. The minimum atomic E-state index is -1.33. The third-order valence-electron chi connectivity index (χ3n) is 4.47. The van der Waals surface area contributed by atoms with Crippen LogP contribution in [0.3, 0.4) is 0 Å². The molecule has 11 heteroatoms. The highest BCUT2D eigenvalue weighted by atomic mass is 32.2. The number of nitrogens with one attached hydrogen (secondary N) is 1. The van der Waals surface area contributed by atoms with E-state index in [2.05, 4.69) is 10.5 Å². The molecule has 2 N–H and O–H groups in total. The Kier molecular flexibility index (Phi) is 5.97. The number of β-lactam (4-membered cyclic amide) rings is 1. The lowest BCUT2D eigenvalue weighted by molar-refractivity contribution is -0.151. The maximum absolute atomic E-state index is 12.6. The van der Waals surface area contributed by atoms with Gasteiger partial charge < -0.3 is 15.2 Å². The van der Waals surface area contributed by atoms with Crippen molar-refractivity contribution in [2.24, 2.45) is 5.18 Å². The van der Waals surface area contributed by atoms with Crippen LogP contribution in [0, 0.1) is 4.91 Å². The van der Waals surface area contributed by atoms with Crippen molar-refractivity contribution in [2.75, 3.05) is 12.4 Å². The predicted molar refractivity (Wildman–Crippen MR) is 101 cm³/mol. The molecule has 0 aliphatic carbocycles. The summed E-state index contributed by atoms with van der Waals surface area (Å²) in [5.74, 6) is -3.04. The van der Waals surface area contributed by atoms with Gasteiger partial charge in [-0.2, -0.15) is 0 Å². The number of aliphatic carboxylic acids is 1. The van der Waals surface area contributed by atoms with Gasteiger partial charge in [0.1, 0.15) is 23.7 Å². The van der Waals surface area contributed by atoms with Gasteiger partial charge in [-0.3, -0.25) is 19.3 Å². The molecule has 3 atom stereocenters. The first-order chi connectivity index (χ1) is 13.8. The maximum Gasteiger partial charge on any atom is 0.352 e. The van der Waals surface area contributed by atoms with E-state index in [1.807, 2.05) is 0 Å². The summed E-state index contributed by atoms with van der Waals surface area (Å²) in [5.41, 5.74) is 0.428. The molecule has 0 saturated carbocycles. The van der Waals surface area contributed by atoms with E-state index in [0.29, 0.717) is 11.1 Å². The van der Waals surface area contributed by atoms with Crippen LogP contribution in [-0.2, 0) is 23.9 Å². The van der Waals surface area contributed by atoms with Gasteiger partial charge in [-0.15, -0.1) is 16.7 Å². The number of esters is 1. The summed E-state index contributed by atoms with van der Waals surface area (Å²) in [6, 6.07) is 5.88. The van der Waals surface area contributed by atoms with Gasteiger partial charge in [0.05, 0.1) is 0 Å². The average Bonchev–Trinajstić information content (AvgIpc) is 2.70. The summed E-state index contributed by atoms with van der Waals surface area (Å²) in [6.07, 6.45) is 0. The Labute approximate surface area is 169 Å². The maximum atomic E-state index is 12.6. The third kappa shape index (κ3) is 3.99. The van der Waals surface area contributed by atoms with Crippen LogP contribution in [0.5, 0.6) is 0 Å². The summed E-state index contributed by atoms with van der Waals surface area (Å²) in [6.45, 7) is 0.965. The Balaban J connectivity index is 1.75. The Morgan fingerprint density at radius 1 is 1.34 bits per heavy atom. The largest absolute Gasteiger partial charge is 0.477 e. The smallest absolute Gasteiger partial charge is 0.352 e. The monoisotopic (exact) mass is 419 g/mol.